The highest BCUT2D eigenvalue weighted by atomic mass is 32.2. The Hall–Kier alpha value is -2.34. The van der Waals surface area contributed by atoms with Crippen LogP contribution in [0.3, 0.4) is 0 Å². The molecule has 11 nitrogen and oxygen atoms in total. The number of thioether (sulfide) groups is 1. The molecule has 1 fully saturated rings. The number of hydrogen-bond acceptors (Lipinski definition) is 11. The average Bonchev–Trinajstić information content (AvgIpc) is 2.60. The summed E-state index contributed by atoms with van der Waals surface area (Å²) < 4.78 is 26.7. The van der Waals surface area contributed by atoms with E-state index in [2.05, 4.69) is 0 Å². The lowest BCUT2D eigenvalue weighted by Crippen LogP contribution is -2.61. The van der Waals surface area contributed by atoms with E-state index in [1.54, 1.807) is 0 Å². The van der Waals surface area contributed by atoms with E-state index in [1.807, 2.05) is 0 Å². The fourth-order valence-corrected chi connectivity index (χ4v) is 3.88. The average molecular weight is 450 g/mol. The number of esters is 4. The highest BCUT2D eigenvalue weighted by molar-refractivity contribution is 7.99. The second-order valence-corrected chi connectivity index (χ2v) is 7.77. The van der Waals surface area contributed by atoms with Gasteiger partial charge < -0.3 is 28.8 Å². The van der Waals surface area contributed by atoms with Crippen LogP contribution in [0.15, 0.2) is 0 Å². The van der Waals surface area contributed by atoms with Crippen LogP contribution >= 0.6 is 11.8 Å². The van der Waals surface area contributed by atoms with E-state index >= 15 is 0 Å². The maximum Gasteiger partial charge on any atom is 0.307 e. The molecule has 1 saturated heterocycles. The monoisotopic (exact) mass is 450 g/mol. The van der Waals surface area contributed by atoms with Gasteiger partial charge in [-0.05, 0) is 0 Å². The van der Waals surface area contributed by atoms with Crippen LogP contribution in [0.4, 0.5) is 0 Å². The Balaban J connectivity index is 3.27. The van der Waals surface area contributed by atoms with Gasteiger partial charge in [0.25, 0.3) is 0 Å². The number of carboxylic acid groups (broad SMARTS) is 1. The van der Waals surface area contributed by atoms with E-state index in [0.717, 1.165) is 32.5 Å². The van der Waals surface area contributed by atoms with Gasteiger partial charge in [-0.15, -0.1) is 11.8 Å². The first-order chi connectivity index (χ1) is 13.9. The third kappa shape index (κ3) is 8.19. The van der Waals surface area contributed by atoms with Gasteiger partial charge in [0.1, 0.15) is 18.1 Å². The van der Waals surface area contributed by atoms with Crippen molar-refractivity contribution in [2.75, 3.05) is 12.4 Å². The summed E-state index contributed by atoms with van der Waals surface area (Å²) in [5.41, 5.74) is -0.979. The lowest BCUT2D eigenvalue weighted by molar-refractivity contribution is -0.237. The van der Waals surface area contributed by atoms with Crippen molar-refractivity contribution in [3.8, 4) is 0 Å². The van der Waals surface area contributed by atoms with Crippen LogP contribution in [0.1, 0.15) is 34.6 Å². The minimum Gasteiger partial charge on any atom is -0.481 e. The predicted molar refractivity (Wildman–Crippen MR) is 101 cm³/mol. The molecular formula is C18H26O11S. The number of hydrogen-bond donors (Lipinski definition) is 1. The molecule has 0 saturated carbocycles. The van der Waals surface area contributed by atoms with Crippen molar-refractivity contribution in [1.29, 1.82) is 0 Å². The van der Waals surface area contributed by atoms with Crippen LogP contribution in [0.5, 0.6) is 0 Å². The largest absolute Gasteiger partial charge is 0.481 e. The van der Waals surface area contributed by atoms with Crippen LogP contribution in [-0.2, 0) is 47.7 Å². The van der Waals surface area contributed by atoms with Crippen molar-refractivity contribution < 1.29 is 52.8 Å². The fraction of sp³-hybridized carbons (Fsp3) is 0.722. The van der Waals surface area contributed by atoms with Gasteiger partial charge in [0.15, 0.2) is 18.3 Å². The Morgan fingerprint density at radius 2 is 1.37 bits per heavy atom. The van der Waals surface area contributed by atoms with E-state index in [4.69, 9.17) is 28.8 Å². The molecule has 0 aromatic carbocycles. The first-order valence-corrected chi connectivity index (χ1v) is 10.1. The van der Waals surface area contributed by atoms with Crippen LogP contribution in [0, 0.1) is 5.92 Å². The third-order valence-corrected chi connectivity index (χ3v) is 5.28. The summed E-state index contributed by atoms with van der Waals surface area (Å²) in [6.45, 7) is 5.72. The normalized spacial score (nSPS) is 26.8. The highest BCUT2D eigenvalue weighted by Crippen LogP contribution is 2.35. The zero-order valence-corrected chi connectivity index (χ0v) is 18.1. The maximum atomic E-state index is 11.7. The molecule has 1 rings (SSSR count). The van der Waals surface area contributed by atoms with Crippen molar-refractivity contribution in [2.24, 2.45) is 5.92 Å². The predicted octanol–water partition coefficient (Wildman–Crippen LogP) is 0.523. The Bertz CT molecular complexity index is 665. The zero-order chi connectivity index (χ0) is 23.0. The van der Waals surface area contributed by atoms with E-state index in [0.29, 0.717) is 0 Å². The van der Waals surface area contributed by atoms with Crippen LogP contribution < -0.4 is 0 Å². The first-order valence-electron chi connectivity index (χ1n) is 9.07. The third-order valence-electron chi connectivity index (χ3n) is 3.88. The second-order valence-electron chi connectivity index (χ2n) is 6.64. The Morgan fingerprint density at radius 1 is 0.867 bits per heavy atom. The molecule has 1 aliphatic rings. The summed E-state index contributed by atoms with van der Waals surface area (Å²) in [6.07, 6.45) is -4.74. The summed E-state index contributed by atoms with van der Waals surface area (Å²) in [5.74, 6) is -4.48. The molecule has 5 unspecified atom stereocenters. The first kappa shape index (κ1) is 25.7. The number of aliphatic carboxylic acids is 1. The van der Waals surface area contributed by atoms with Crippen molar-refractivity contribution in [2.45, 2.75) is 64.5 Å². The molecule has 0 radical (unpaired) electrons. The molecule has 30 heavy (non-hydrogen) atoms. The molecule has 1 N–H and O–H groups in total. The quantitative estimate of drug-likeness (QED) is 0.385. The number of carboxylic acids is 1. The van der Waals surface area contributed by atoms with Crippen molar-refractivity contribution in [3.63, 3.8) is 0 Å². The van der Waals surface area contributed by atoms with Crippen molar-refractivity contribution in [1.82, 2.24) is 0 Å². The topological polar surface area (TPSA) is 152 Å². The Labute approximate surface area is 177 Å². The van der Waals surface area contributed by atoms with Crippen molar-refractivity contribution >= 4 is 41.6 Å². The van der Waals surface area contributed by atoms with E-state index < -0.39 is 65.6 Å². The molecule has 0 aliphatic carbocycles. The summed E-state index contributed by atoms with van der Waals surface area (Å²) >= 11 is 1.02. The molecule has 170 valence electrons. The van der Waals surface area contributed by atoms with Crippen LogP contribution in [0.2, 0.25) is 0 Å². The molecule has 0 spiro atoms. The summed E-state index contributed by atoms with van der Waals surface area (Å²) in [5, 5.41) is 9.11. The summed E-state index contributed by atoms with van der Waals surface area (Å²) in [4.78, 5) is 57.4. The maximum absolute atomic E-state index is 11.7. The minimum absolute atomic E-state index is 0.0864. The number of ether oxygens (including phenoxy) is 5. The minimum atomic E-state index is -1.26. The second kappa shape index (κ2) is 11.7. The van der Waals surface area contributed by atoms with E-state index in [-0.39, 0.29) is 12.4 Å². The molecule has 0 aromatic heterocycles. The molecule has 1 heterocycles. The van der Waals surface area contributed by atoms with Gasteiger partial charge in [-0.3, -0.25) is 24.0 Å². The standard InChI is InChI=1S/C18H26O11S/c1-8(17(23)24)7-30-18-16(28-12(5)22)15(27-11(4)21)14(26-10(3)20)13(29-18)6-25-9(2)19/h8,13-16,18H,6-7H2,1-5H3,(H,23,24)/t8-,13?,14?,15?,16?,18?/m0/s1. The van der Waals surface area contributed by atoms with Crippen LogP contribution in [0.25, 0.3) is 0 Å². The molecule has 1 aliphatic heterocycles. The van der Waals surface area contributed by atoms with Gasteiger partial charge in [-0.25, -0.2) is 0 Å². The number of rotatable bonds is 9. The van der Waals surface area contributed by atoms with Gasteiger partial charge in [0.05, 0.1) is 5.92 Å². The van der Waals surface area contributed by atoms with Gasteiger partial charge in [-0.2, -0.15) is 0 Å². The molecule has 6 atom stereocenters. The van der Waals surface area contributed by atoms with E-state index in [9.17, 15) is 24.0 Å². The SMILES string of the molecule is CC(=O)OCC1OC(SC[C@H](C)C(=O)O)C(OC(C)=O)C(OC(C)=O)C1OC(C)=O. The molecular weight excluding hydrogens is 424 g/mol. The summed E-state index contributed by atoms with van der Waals surface area (Å²) in [6, 6.07) is 0. The fourth-order valence-electron chi connectivity index (χ4n) is 2.63. The Morgan fingerprint density at radius 3 is 1.83 bits per heavy atom. The van der Waals surface area contributed by atoms with E-state index in [1.165, 1.54) is 13.8 Å². The lowest BCUT2D eigenvalue weighted by Gasteiger charge is -2.44. The van der Waals surface area contributed by atoms with Gasteiger partial charge in [-0.1, -0.05) is 6.92 Å². The van der Waals surface area contributed by atoms with Crippen LogP contribution in [-0.4, -0.2) is 77.2 Å². The van der Waals surface area contributed by atoms with Crippen molar-refractivity contribution in [3.05, 3.63) is 0 Å². The van der Waals surface area contributed by atoms with Gasteiger partial charge in [0, 0.05) is 33.4 Å². The highest BCUT2D eigenvalue weighted by Gasteiger charge is 2.52. The number of carbonyl (C=O) groups excluding carboxylic acids is 4. The Kier molecular flexibility index (Phi) is 10.1. The smallest absolute Gasteiger partial charge is 0.307 e. The molecule has 0 bridgehead atoms. The number of carbonyl (C=O) groups is 5. The molecule has 0 aromatic rings. The zero-order valence-electron chi connectivity index (χ0n) is 17.3. The van der Waals surface area contributed by atoms with Gasteiger partial charge >= 0.3 is 29.8 Å². The lowest BCUT2D eigenvalue weighted by atomic mass is 9.99. The van der Waals surface area contributed by atoms with Gasteiger partial charge in [0.2, 0.25) is 0 Å². The molecule has 0 amide bonds. The summed E-state index contributed by atoms with van der Waals surface area (Å²) in [7, 11) is 0. The molecule has 12 heteroatoms.